The third-order valence-corrected chi connectivity index (χ3v) is 4.13. The van der Waals surface area contributed by atoms with Gasteiger partial charge >= 0.3 is 6.18 Å². The highest BCUT2D eigenvalue weighted by atomic mass is 19.4. The molecule has 0 saturated heterocycles. The number of hydrogen-bond acceptors (Lipinski definition) is 4. The molecule has 0 radical (unpaired) electrons. The molecule has 7 heteroatoms. The number of halogens is 3. The van der Waals surface area contributed by atoms with E-state index in [0.29, 0.717) is 22.6 Å². The van der Waals surface area contributed by atoms with Gasteiger partial charge in [-0.2, -0.15) is 13.2 Å². The number of benzene rings is 2. The summed E-state index contributed by atoms with van der Waals surface area (Å²) in [5.41, 5.74) is 7.60. The van der Waals surface area contributed by atoms with Gasteiger partial charge in [0, 0.05) is 28.8 Å². The number of nitrogen functional groups attached to an aromatic ring is 1. The Morgan fingerprint density at radius 3 is 2.33 bits per heavy atom. The summed E-state index contributed by atoms with van der Waals surface area (Å²) in [6, 6.07) is 15.7. The van der Waals surface area contributed by atoms with E-state index >= 15 is 0 Å². The molecule has 0 spiro atoms. The van der Waals surface area contributed by atoms with Crippen molar-refractivity contribution in [2.75, 3.05) is 5.73 Å². The first-order chi connectivity index (χ1) is 12.9. The van der Waals surface area contributed by atoms with E-state index < -0.39 is 11.7 Å². The average Bonchev–Trinajstić information content (AvgIpc) is 2.66. The molecule has 0 bridgehead atoms. The lowest BCUT2D eigenvalue weighted by molar-refractivity contribution is -0.137. The monoisotopic (exact) mass is 366 g/mol. The third-order valence-electron chi connectivity index (χ3n) is 4.13. The van der Waals surface area contributed by atoms with E-state index in [9.17, 15) is 13.2 Å². The number of nitrogens with zero attached hydrogens (tertiary/aromatic N) is 3. The van der Waals surface area contributed by atoms with Gasteiger partial charge in [-0.3, -0.25) is 4.98 Å². The van der Waals surface area contributed by atoms with Gasteiger partial charge in [0.25, 0.3) is 0 Å². The molecule has 2 heterocycles. The summed E-state index contributed by atoms with van der Waals surface area (Å²) < 4.78 is 38.3. The molecule has 0 aliphatic rings. The average molecular weight is 366 g/mol. The van der Waals surface area contributed by atoms with E-state index in [-0.39, 0.29) is 5.82 Å². The zero-order chi connectivity index (χ0) is 19.0. The van der Waals surface area contributed by atoms with Crippen molar-refractivity contribution in [2.45, 2.75) is 6.18 Å². The molecule has 0 fully saturated rings. The molecule has 0 aliphatic heterocycles. The summed E-state index contributed by atoms with van der Waals surface area (Å²) in [5.74, 6) is 0.594. The zero-order valence-electron chi connectivity index (χ0n) is 13.9. The van der Waals surface area contributed by atoms with Gasteiger partial charge in [0.05, 0.1) is 16.8 Å². The number of aromatic nitrogens is 3. The van der Waals surface area contributed by atoms with E-state index in [1.165, 1.54) is 18.2 Å². The Kier molecular flexibility index (Phi) is 3.99. The fourth-order valence-electron chi connectivity index (χ4n) is 2.85. The lowest BCUT2D eigenvalue weighted by Crippen LogP contribution is -2.04. The molecular weight excluding hydrogens is 353 g/mol. The van der Waals surface area contributed by atoms with Crippen LogP contribution in [0.5, 0.6) is 0 Å². The van der Waals surface area contributed by atoms with Crippen LogP contribution in [0.3, 0.4) is 0 Å². The molecule has 2 N–H and O–H groups in total. The second-order valence-electron chi connectivity index (χ2n) is 5.96. The minimum atomic E-state index is -4.39. The van der Waals surface area contributed by atoms with E-state index in [4.69, 9.17) is 5.73 Å². The Hall–Kier alpha value is -3.48. The highest BCUT2D eigenvalue weighted by molar-refractivity contribution is 5.92. The maximum Gasteiger partial charge on any atom is 0.416 e. The second-order valence-corrected chi connectivity index (χ2v) is 5.96. The fraction of sp³-hybridized carbons (Fsp3) is 0.0500. The largest absolute Gasteiger partial charge is 0.416 e. The molecule has 2 aromatic carbocycles. The molecule has 2 aromatic heterocycles. The molecule has 4 aromatic rings. The Morgan fingerprint density at radius 1 is 0.852 bits per heavy atom. The van der Waals surface area contributed by atoms with Crippen LogP contribution in [0.15, 0.2) is 66.9 Å². The van der Waals surface area contributed by atoms with Gasteiger partial charge in [-0.15, -0.1) is 0 Å². The Balaban J connectivity index is 1.82. The minimum Gasteiger partial charge on any atom is -0.384 e. The Labute approximate surface area is 152 Å². The topological polar surface area (TPSA) is 64.7 Å². The van der Waals surface area contributed by atoms with Gasteiger partial charge < -0.3 is 5.73 Å². The van der Waals surface area contributed by atoms with Gasteiger partial charge in [-0.1, -0.05) is 30.3 Å². The quantitative estimate of drug-likeness (QED) is 0.545. The first-order valence-electron chi connectivity index (χ1n) is 8.08. The van der Waals surface area contributed by atoms with Crippen LogP contribution in [0, 0.1) is 0 Å². The maximum atomic E-state index is 12.8. The normalized spacial score (nSPS) is 11.7. The van der Waals surface area contributed by atoms with Crippen molar-refractivity contribution in [1.82, 2.24) is 15.0 Å². The van der Waals surface area contributed by atoms with Crippen molar-refractivity contribution >= 4 is 16.7 Å². The lowest BCUT2D eigenvalue weighted by Gasteiger charge is -2.10. The lowest BCUT2D eigenvalue weighted by atomic mass is 10.1. The van der Waals surface area contributed by atoms with Crippen molar-refractivity contribution in [2.24, 2.45) is 0 Å². The molecule has 0 aliphatic carbocycles. The summed E-state index contributed by atoms with van der Waals surface area (Å²) in [6.45, 7) is 0. The maximum absolute atomic E-state index is 12.8. The first-order valence-corrected chi connectivity index (χ1v) is 8.08. The molecule has 134 valence electrons. The number of para-hydroxylation sites is 1. The second kappa shape index (κ2) is 6.35. The van der Waals surface area contributed by atoms with Crippen LogP contribution in [0.2, 0.25) is 0 Å². The molecule has 0 atom stereocenters. The summed E-state index contributed by atoms with van der Waals surface area (Å²) in [6.07, 6.45) is -2.71. The summed E-state index contributed by atoms with van der Waals surface area (Å²) >= 11 is 0. The first kappa shape index (κ1) is 17.0. The van der Waals surface area contributed by atoms with E-state index in [2.05, 4.69) is 15.0 Å². The van der Waals surface area contributed by atoms with Crippen LogP contribution in [-0.2, 0) is 6.18 Å². The number of alkyl halides is 3. The van der Waals surface area contributed by atoms with Crippen LogP contribution < -0.4 is 5.73 Å². The van der Waals surface area contributed by atoms with Crippen molar-refractivity contribution in [1.29, 1.82) is 0 Å². The fourth-order valence-corrected chi connectivity index (χ4v) is 2.85. The van der Waals surface area contributed by atoms with Crippen molar-refractivity contribution in [3.8, 4) is 22.6 Å². The van der Waals surface area contributed by atoms with Crippen molar-refractivity contribution in [3.05, 3.63) is 72.4 Å². The van der Waals surface area contributed by atoms with Gasteiger partial charge in [-0.25, -0.2) is 9.97 Å². The molecule has 4 rings (SSSR count). The van der Waals surface area contributed by atoms with Crippen LogP contribution in [0.1, 0.15) is 5.56 Å². The summed E-state index contributed by atoms with van der Waals surface area (Å²) in [7, 11) is 0. The Morgan fingerprint density at radius 2 is 1.59 bits per heavy atom. The number of hydrogen-bond donors (Lipinski definition) is 1. The van der Waals surface area contributed by atoms with Gasteiger partial charge in [0.15, 0.2) is 5.82 Å². The van der Waals surface area contributed by atoms with Gasteiger partial charge in [0.2, 0.25) is 0 Å². The molecule has 0 saturated carbocycles. The van der Waals surface area contributed by atoms with Gasteiger partial charge in [0.1, 0.15) is 5.82 Å². The SMILES string of the molecule is Nc1cc(-c2ccc(C(F)(F)F)cc2)nc(-c2cccc3cccnc23)n1. The van der Waals surface area contributed by atoms with Crippen LogP contribution in [0.4, 0.5) is 19.0 Å². The number of nitrogens with two attached hydrogens (primary N) is 1. The van der Waals surface area contributed by atoms with E-state index in [1.807, 2.05) is 30.3 Å². The molecule has 0 amide bonds. The minimum absolute atomic E-state index is 0.225. The number of fused-ring (bicyclic) bond motifs is 1. The van der Waals surface area contributed by atoms with Crippen LogP contribution in [0.25, 0.3) is 33.5 Å². The van der Waals surface area contributed by atoms with E-state index in [0.717, 1.165) is 23.0 Å². The predicted molar refractivity (Wildman–Crippen MR) is 97.6 cm³/mol. The number of pyridine rings is 1. The van der Waals surface area contributed by atoms with E-state index in [1.54, 1.807) is 6.20 Å². The molecular formula is C20H13F3N4. The van der Waals surface area contributed by atoms with Gasteiger partial charge in [-0.05, 0) is 24.3 Å². The summed E-state index contributed by atoms with van der Waals surface area (Å²) in [4.78, 5) is 13.2. The van der Waals surface area contributed by atoms with Crippen molar-refractivity contribution in [3.63, 3.8) is 0 Å². The van der Waals surface area contributed by atoms with Crippen LogP contribution in [-0.4, -0.2) is 15.0 Å². The molecule has 0 unspecified atom stereocenters. The Bertz CT molecular complexity index is 1120. The highest BCUT2D eigenvalue weighted by Gasteiger charge is 2.30. The highest BCUT2D eigenvalue weighted by Crippen LogP contribution is 2.32. The van der Waals surface area contributed by atoms with Crippen molar-refractivity contribution < 1.29 is 13.2 Å². The zero-order valence-corrected chi connectivity index (χ0v) is 13.9. The number of rotatable bonds is 2. The summed E-state index contributed by atoms with van der Waals surface area (Å²) in [5, 5.41) is 0.928. The molecule has 27 heavy (non-hydrogen) atoms. The smallest absolute Gasteiger partial charge is 0.384 e. The standard InChI is InChI=1S/C20H13F3N4/c21-20(22,23)14-8-6-12(7-9-14)16-11-17(24)27-19(26-16)15-5-1-3-13-4-2-10-25-18(13)15/h1-11H,(H2,24,26,27). The molecule has 4 nitrogen and oxygen atoms in total. The predicted octanol–water partition coefficient (Wildman–Crippen LogP) is 4.96. The van der Waals surface area contributed by atoms with Crippen LogP contribution >= 0.6 is 0 Å². The third kappa shape index (κ3) is 3.31. The number of anilines is 1.